The van der Waals surface area contributed by atoms with Gasteiger partial charge >= 0.3 is 0 Å². The van der Waals surface area contributed by atoms with Gasteiger partial charge in [-0.3, -0.25) is 4.90 Å². The average Bonchev–Trinajstić information content (AvgIpc) is 3.02. The fourth-order valence-corrected chi connectivity index (χ4v) is 4.91. The fraction of sp³-hybridized carbons (Fsp3) is 0.440. The first-order chi connectivity index (χ1) is 14.5. The molecule has 3 aromatic rings. The highest BCUT2D eigenvalue weighted by atomic mass is 19.2. The molecule has 2 heterocycles. The lowest BCUT2D eigenvalue weighted by Gasteiger charge is -2.35. The van der Waals surface area contributed by atoms with E-state index in [2.05, 4.69) is 47.8 Å². The maximum atomic E-state index is 13.6. The van der Waals surface area contributed by atoms with Crippen LogP contribution in [0.15, 0.2) is 36.4 Å². The maximum absolute atomic E-state index is 13.6. The first-order valence-corrected chi connectivity index (χ1v) is 11.1. The quantitative estimate of drug-likeness (QED) is 0.477. The number of halogens is 2. The highest BCUT2D eigenvalue weighted by molar-refractivity contribution is 5.89. The van der Waals surface area contributed by atoms with E-state index < -0.39 is 11.6 Å². The molecule has 0 saturated carbocycles. The average molecular weight is 412 g/mol. The van der Waals surface area contributed by atoms with Gasteiger partial charge in [-0.25, -0.2) is 8.78 Å². The Kier molecular flexibility index (Phi) is 6.09. The summed E-state index contributed by atoms with van der Waals surface area (Å²) in [6.07, 6.45) is 5.99. The van der Waals surface area contributed by atoms with Crippen molar-refractivity contribution in [3.8, 4) is 0 Å². The Bertz CT molecular complexity index is 1030. The van der Waals surface area contributed by atoms with Crippen molar-refractivity contribution in [3.05, 3.63) is 59.3 Å². The third-order valence-corrected chi connectivity index (χ3v) is 6.40. The van der Waals surface area contributed by atoms with Crippen LogP contribution in [0.1, 0.15) is 50.8 Å². The Morgan fingerprint density at radius 2 is 1.67 bits per heavy atom. The third kappa shape index (κ3) is 3.95. The van der Waals surface area contributed by atoms with E-state index in [1.807, 2.05) is 6.07 Å². The van der Waals surface area contributed by atoms with Crippen LogP contribution >= 0.6 is 0 Å². The van der Waals surface area contributed by atoms with Crippen LogP contribution in [0.25, 0.3) is 10.9 Å². The van der Waals surface area contributed by atoms with Crippen LogP contribution < -0.4 is 5.32 Å². The number of rotatable bonds is 7. The van der Waals surface area contributed by atoms with E-state index in [-0.39, 0.29) is 0 Å². The number of benzene rings is 2. The molecule has 1 N–H and O–H groups in total. The van der Waals surface area contributed by atoms with E-state index in [9.17, 15) is 8.78 Å². The van der Waals surface area contributed by atoms with E-state index >= 15 is 0 Å². The van der Waals surface area contributed by atoms with E-state index in [0.29, 0.717) is 11.7 Å². The Hall–Kier alpha value is -2.40. The molecule has 0 bridgehead atoms. The largest absolute Gasteiger partial charge is 0.355 e. The molecule has 160 valence electrons. The fourth-order valence-electron chi connectivity index (χ4n) is 4.91. The zero-order valence-electron chi connectivity index (χ0n) is 18.1. The monoisotopic (exact) mass is 411 g/mol. The summed E-state index contributed by atoms with van der Waals surface area (Å²) in [4.78, 5) is 2.66. The van der Waals surface area contributed by atoms with Crippen molar-refractivity contribution >= 4 is 22.3 Å². The first-order valence-electron chi connectivity index (χ1n) is 11.1. The zero-order chi connectivity index (χ0) is 21.3. The van der Waals surface area contributed by atoms with E-state index in [1.54, 1.807) is 6.07 Å². The number of fused-ring (bicyclic) bond motifs is 3. The molecule has 0 spiro atoms. The van der Waals surface area contributed by atoms with Gasteiger partial charge in [-0.15, -0.1) is 0 Å². The van der Waals surface area contributed by atoms with Gasteiger partial charge in [0.15, 0.2) is 11.6 Å². The highest BCUT2D eigenvalue weighted by Gasteiger charge is 2.26. The van der Waals surface area contributed by atoms with Crippen LogP contribution in [0, 0.1) is 11.6 Å². The number of nitrogens with zero attached hydrogens (tertiary/aromatic N) is 2. The van der Waals surface area contributed by atoms with Crippen LogP contribution in [0.3, 0.4) is 0 Å². The maximum Gasteiger partial charge on any atom is 0.160 e. The van der Waals surface area contributed by atoms with Gasteiger partial charge in [0, 0.05) is 66.6 Å². The molecule has 3 nitrogen and oxygen atoms in total. The summed E-state index contributed by atoms with van der Waals surface area (Å²) in [5, 5.41) is 4.47. The third-order valence-electron chi connectivity index (χ3n) is 6.40. The molecule has 5 heteroatoms. The molecule has 4 rings (SSSR count). The molecule has 0 saturated heterocycles. The molecular formula is C25H31F2N3. The lowest BCUT2D eigenvalue weighted by molar-refractivity contribution is 0.158. The van der Waals surface area contributed by atoms with Gasteiger partial charge in [0.25, 0.3) is 0 Å². The van der Waals surface area contributed by atoms with E-state index in [0.717, 1.165) is 31.3 Å². The Morgan fingerprint density at radius 1 is 0.967 bits per heavy atom. The second kappa shape index (κ2) is 8.76. The van der Waals surface area contributed by atoms with Gasteiger partial charge in [-0.1, -0.05) is 26.7 Å². The summed E-state index contributed by atoms with van der Waals surface area (Å²) in [6.45, 7) is 6.63. The summed E-state index contributed by atoms with van der Waals surface area (Å²) in [7, 11) is 2.15. The molecular weight excluding hydrogens is 380 g/mol. The van der Waals surface area contributed by atoms with Gasteiger partial charge in [0.2, 0.25) is 0 Å². The minimum Gasteiger partial charge on any atom is -0.355 e. The van der Waals surface area contributed by atoms with Gasteiger partial charge in [-0.05, 0) is 48.7 Å². The summed E-state index contributed by atoms with van der Waals surface area (Å²) in [5.41, 5.74) is 5.48. The lowest BCUT2D eigenvalue weighted by Crippen LogP contribution is -2.39. The molecule has 0 atom stereocenters. The van der Waals surface area contributed by atoms with Crippen LogP contribution in [0.5, 0.6) is 0 Å². The van der Waals surface area contributed by atoms with Crippen LogP contribution in [0.2, 0.25) is 0 Å². The molecule has 1 aliphatic rings. The molecule has 1 aliphatic heterocycles. The van der Waals surface area contributed by atoms with Crippen molar-refractivity contribution in [1.29, 1.82) is 0 Å². The molecule has 30 heavy (non-hydrogen) atoms. The van der Waals surface area contributed by atoms with E-state index in [4.69, 9.17) is 0 Å². The van der Waals surface area contributed by atoms with Gasteiger partial charge in [-0.2, -0.15) is 0 Å². The topological polar surface area (TPSA) is 20.2 Å². The van der Waals surface area contributed by atoms with E-state index in [1.165, 1.54) is 53.9 Å². The SMILES string of the molecule is CCCC(CCC)N1CCc2c(c3cc(Nc4ccc(F)c(F)c4)ccc3n2C)C1. The van der Waals surface area contributed by atoms with Gasteiger partial charge in [0.1, 0.15) is 0 Å². The second-order valence-electron chi connectivity index (χ2n) is 8.42. The van der Waals surface area contributed by atoms with Crippen LogP contribution in [-0.4, -0.2) is 22.1 Å². The van der Waals surface area contributed by atoms with Crippen molar-refractivity contribution < 1.29 is 8.78 Å². The number of aromatic nitrogens is 1. The number of hydrogen-bond acceptors (Lipinski definition) is 2. The molecule has 0 radical (unpaired) electrons. The lowest BCUT2D eigenvalue weighted by atomic mass is 9.98. The summed E-state index contributed by atoms with van der Waals surface area (Å²) in [6, 6.07) is 10.8. The number of aryl methyl sites for hydroxylation is 1. The summed E-state index contributed by atoms with van der Waals surface area (Å²) < 4.78 is 29.1. The Labute approximate surface area is 177 Å². The minimum absolute atomic E-state index is 0.547. The zero-order valence-corrected chi connectivity index (χ0v) is 18.1. The smallest absolute Gasteiger partial charge is 0.160 e. The first kappa shape index (κ1) is 20.9. The van der Waals surface area contributed by atoms with Crippen molar-refractivity contribution in [2.45, 2.75) is 58.5 Å². The molecule has 0 fully saturated rings. The molecule has 0 aliphatic carbocycles. The molecule has 0 amide bonds. The van der Waals surface area contributed by atoms with Crippen molar-refractivity contribution in [2.24, 2.45) is 7.05 Å². The normalized spacial score (nSPS) is 14.5. The molecule has 0 unspecified atom stereocenters. The van der Waals surface area contributed by atoms with Crippen LogP contribution in [0.4, 0.5) is 20.2 Å². The number of anilines is 2. The Morgan fingerprint density at radius 3 is 2.37 bits per heavy atom. The molecule has 1 aromatic heterocycles. The highest BCUT2D eigenvalue weighted by Crippen LogP contribution is 2.34. The standard InChI is InChI=1S/C25H31F2N3/c1-4-6-19(7-5-2)30-13-12-25-21(16-30)20-14-17(9-11-24(20)29(25)3)28-18-8-10-22(26)23(27)15-18/h8-11,14-15,19,28H,4-7,12-13,16H2,1-3H3. The Balaban J connectivity index is 1.66. The second-order valence-corrected chi connectivity index (χ2v) is 8.42. The summed E-state index contributed by atoms with van der Waals surface area (Å²) >= 11 is 0. The summed E-state index contributed by atoms with van der Waals surface area (Å²) in [5.74, 6) is -1.67. The van der Waals surface area contributed by atoms with Gasteiger partial charge < -0.3 is 9.88 Å². The van der Waals surface area contributed by atoms with Crippen molar-refractivity contribution in [3.63, 3.8) is 0 Å². The predicted molar refractivity (Wildman–Crippen MR) is 120 cm³/mol. The predicted octanol–water partition coefficient (Wildman–Crippen LogP) is 6.53. The van der Waals surface area contributed by atoms with Crippen molar-refractivity contribution in [1.82, 2.24) is 9.47 Å². The number of nitrogens with one attached hydrogen (secondary N) is 1. The minimum atomic E-state index is -0.841. The van der Waals surface area contributed by atoms with Crippen LogP contribution in [-0.2, 0) is 20.0 Å². The van der Waals surface area contributed by atoms with Gasteiger partial charge in [0.05, 0.1) is 0 Å². The number of hydrogen-bond donors (Lipinski definition) is 1. The molecule has 2 aromatic carbocycles. The van der Waals surface area contributed by atoms with Crippen molar-refractivity contribution in [2.75, 3.05) is 11.9 Å².